The SMILES string of the molecule is Cc1cc(Oc2ccc(F)cc2)ccc1CCl. The molecule has 2 aromatic rings. The van der Waals surface area contributed by atoms with Crippen molar-refractivity contribution in [1.29, 1.82) is 0 Å². The molecule has 0 bridgehead atoms. The van der Waals surface area contributed by atoms with E-state index in [4.69, 9.17) is 16.3 Å². The van der Waals surface area contributed by atoms with Crippen LogP contribution in [-0.2, 0) is 5.88 Å². The minimum Gasteiger partial charge on any atom is -0.457 e. The molecule has 3 heteroatoms. The third-order valence-corrected chi connectivity index (χ3v) is 2.80. The van der Waals surface area contributed by atoms with Gasteiger partial charge in [0.2, 0.25) is 0 Å². The lowest BCUT2D eigenvalue weighted by Crippen LogP contribution is -1.88. The number of ether oxygens (including phenoxy) is 1. The van der Waals surface area contributed by atoms with Crippen LogP contribution in [0.2, 0.25) is 0 Å². The molecule has 0 radical (unpaired) electrons. The molecule has 0 aliphatic rings. The van der Waals surface area contributed by atoms with E-state index < -0.39 is 0 Å². The summed E-state index contributed by atoms with van der Waals surface area (Å²) in [7, 11) is 0. The third kappa shape index (κ3) is 2.98. The van der Waals surface area contributed by atoms with Gasteiger partial charge in [0.25, 0.3) is 0 Å². The van der Waals surface area contributed by atoms with Crippen molar-refractivity contribution in [2.45, 2.75) is 12.8 Å². The average molecular weight is 251 g/mol. The van der Waals surface area contributed by atoms with Crippen LogP contribution in [0.5, 0.6) is 11.5 Å². The minimum absolute atomic E-state index is 0.272. The van der Waals surface area contributed by atoms with E-state index in [1.165, 1.54) is 12.1 Å². The Balaban J connectivity index is 2.19. The predicted molar refractivity (Wildman–Crippen MR) is 67.2 cm³/mol. The van der Waals surface area contributed by atoms with E-state index in [1.807, 2.05) is 25.1 Å². The fraction of sp³-hybridized carbons (Fsp3) is 0.143. The second kappa shape index (κ2) is 5.19. The standard InChI is InChI=1S/C14H12ClFO/c1-10-8-14(5-2-11(10)9-15)17-13-6-3-12(16)4-7-13/h2-8H,9H2,1H3. The second-order valence-electron chi connectivity index (χ2n) is 3.78. The molecule has 0 unspecified atom stereocenters. The average Bonchev–Trinajstić information content (AvgIpc) is 2.32. The summed E-state index contributed by atoms with van der Waals surface area (Å²) >= 11 is 5.78. The fourth-order valence-corrected chi connectivity index (χ4v) is 1.82. The lowest BCUT2D eigenvalue weighted by Gasteiger charge is -2.08. The van der Waals surface area contributed by atoms with Crippen LogP contribution in [0.4, 0.5) is 4.39 Å². The van der Waals surface area contributed by atoms with Crippen LogP contribution in [0.15, 0.2) is 42.5 Å². The molecule has 0 amide bonds. The Morgan fingerprint density at radius 1 is 1.06 bits per heavy atom. The number of halogens is 2. The fourth-order valence-electron chi connectivity index (χ4n) is 1.52. The summed E-state index contributed by atoms with van der Waals surface area (Å²) in [4.78, 5) is 0. The van der Waals surface area contributed by atoms with Gasteiger partial charge in [0.1, 0.15) is 17.3 Å². The highest BCUT2D eigenvalue weighted by molar-refractivity contribution is 6.17. The van der Waals surface area contributed by atoms with Crippen LogP contribution in [0, 0.1) is 12.7 Å². The highest BCUT2D eigenvalue weighted by atomic mass is 35.5. The first-order valence-corrected chi connectivity index (χ1v) is 5.81. The summed E-state index contributed by atoms with van der Waals surface area (Å²) in [5.41, 5.74) is 2.16. The van der Waals surface area contributed by atoms with Crippen LogP contribution in [0.1, 0.15) is 11.1 Å². The molecule has 0 fully saturated rings. The maximum absolute atomic E-state index is 12.7. The first-order valence-electron chi connectivity index (χ1n) is 5.28. The van der Waals surface area contributed by atoms with Crippen LogP contribution < -0.4 is 4.74 Å². The van der Waals surface area contributed by atoms with E-state index in [0.717, 1.165) is 16.9 Å². The highest BCUT2D eigenvalue weighted by Crippen LogP contribution is 2.24. The van der Waals surface area contributed by atoms with Gasteiger partial charge in [-0.3, -0.25) is 0 Å². The van der Waals surface area contributed by atoms with Crippen LogP contribution in [0.25, 0.3) is 0 Å². The summed E-state index contributed by atoms with van der Waals surface area (Å²) in [6, 6.07) is 11.6. The van der Waals surface area contributed by atoms with Crippen molar-refractivity contribution < 1.29 is 9.13 Å². The molecular formula is C14H12ClFO. The molecule has 0 aromatic heterocycles. The number of hydrogen-bond acceptors (Lipinski definition) is 1. The summed E-state index contributed by atoms with van der Waals surface area (Å²) in [6.45, 7) is 1.98. The lowest BCUT2D eigenvalue weighted by atomic mass is 10.1. The molecule has 1 nitrogen and oxygen atoms in total. The Morgan fingerprint density at radius 3 is 2.29 bits per heavy atom. The molecule has 0 saturated heterocycles. The topological polar surface area (TPSA) is 9.23 Å². The van der Waals surface area contributed by atoms with Gasteiger partial charge in [0, 0.05) is 5.88 Å². The van der Waals surface area contributed by atoms with Gasteiger partial charge in [-0.25, -0.2) is 4.39 Å². The van der Waals surface area contributed by atoms with Crippen molar-refractivity contribution in [2.75, 3.05) is 0 Å². The van der Waals surface area contributed by atoms with E-state index in [0.29, 0.717) is 11.6 Å². The largest absolute Gasteiger partial charge is 0.457 e. The van der Waals surface area contributed by atoms with Gasteiger partial charge in [-0.2, -0.15) is 0 Å². The van der Waals surface area contributed by atoms with E-state index in [-0.39, 0.29) is 5.82 Å². The molecule has 2 aromatic carbocycles. The molecule has 0 aliphatic carbocycles. The monoisotopic (exact) mass is 250 g/mol. The van der Waals surface area contributed by atoms with Crippen LogP contribution in [0.3, 0.4) is 0 Å². The normalized spacial score (nSPS) is 10.3. The van der Waals surface area contributed by atoms with Gasteiger partial charge >= 0.3 is 0 Å². The summed E-state index contributed by atoms with van der Waals surface area (Å²) < 4.78 is 18.3. The summed E-state index contributed by atoms with van der Waals surface area (Å²) in [5, 5.41) is 0. The van der Waals surface area contributed by atoms with Gasteiger partial charge in [0.05, 0.1) is 0 Å². The van der Waals surface area contributed by atoms with Gasteiger partial charge in [-0.05, 0) is 54.4 Å². The van der Waals surface area contributed by atoms with Gasteiger partial charge in [-0.1, -0.05) is 6.07 Å². The smallest absolute Gasteiger partial charge is 0.127 e. The van der Waals surface area contributed by atoms with E-state index in [9.17, 15) is 4.39 Å². The highest BCUT2D eigenvalue weighted by Gasteiger charge is 2.01. The van der Waals surface area contributed by atoms with E-state index in [1.54, 1.807) is 12.1 Å². The number of benzene rings is 2. The Hall–Kier alpha value is -1.54. The van der Waals surface area contributed by atoms with Crippen LogP contribution >= 0.6 is 11.6 Å². The summed E-state index contributed by atoms with van der Waals surface area (Å²) in [6.07, 6.45) is 0. The number of rotatable bonds is 3. The van der Waals surface area contributed by atoms with E-state index in [2.05, 4.69) is 0 Å². The zero-order valence-electron chi connectivity index (χ0n) is 9.41. The second-order valence-corrected chi connectivity index (χ2v) is 4.05. The Bertz CT molecular complexity index is 508. The lowest BCUT2D eigenvalue weighted by molar-refractivity contribution is 0.480. The molecule has 17 heavy (non-hydrogen) atoms. The minimum atomic E-state index is -0.272. The Morgan fingerprint density at radius 2 is 1.71 bits per heavy atom. The molecule has 0 aliphatic heterocycles. The van der Waals surface area contributed by atoms with Gasteiger partial charge < -0.3 is 4.74 Å². The van der Waals surface area contributed by atoms with E-state index >= 15 is 0 Å². The quantitative estimate of drug-likeness (QED) is 0.720. The molecule has 0 N–H and O–H groups in total. The first-order chi connectivity index (χ1) is 8.19. The van der Waals surface area contributed by atoms with Crippen molar-refractivity contribution in [3.63, 3.8) is 0 Å². The van der Waals surface area contributed by atoms with Gasteiger partial charge in [-0.15, -0.1) is 11.6 Å². The molecule has 0 atom stereocenters. The zero-order valence-corrected chi connectivity index (χ0v) is 10.2. The maximum Gasteiger partial charge on any atom is 0.127 e. The van der Waals surface area contributed by atoms with Crippen LogP contribution in [-0.4, -0.2) is 0 Å². The summed E-state index contributed by atoms with van der Waals surface area (Å²) in [5.74, 6) is 1.56. The molecular weight excluding hydrogens is 239 g/mol. The molecule has 0 saturated carbocycles. The molecule has 0 heterocycles. The van der Waals surface area contributed by atoms with Gasteiger partial charge in [0.15, 0.2) is 0 Å². The number of hydrogen-bond donors (Lipinski definition) is 0. The zero-order chi connectivity index (χ0) is 12.3. The van der Waals surface area contributed by atoms with Crippen molar-refractivity contribution in [3.8, 4) is 11.5 Å². The Labute approximate surface area is 105 Å². The molecule has 2 rings (SSSR count). The van der Waals surface area contributed by atoms with Crippen molar-refractivity contribution in [2.24, 2.45) is 0 Å². The molecule has 0 spiro atoms. The predicted octanol–water partition coefficient (Wildman–Crippen LogP) is 4.67. The number of alkyl halides is 1. The van der Waals surface area contributed by atoms with Crippen molar-refractivity contribution in [1.82, 2.24) is 0 Å². The molecule has 88 valence electrons. The van der Waals surface area contributed by atoms with Crippen molar-refractivity contribution in [3.05, 3.63) is 59.4 Å². The Kier molecular flexibility index (Phi) is 3.64. The maximum atomic E-state index is 12.7. The first kappa shape index (κ1) is 11.9. The third-order valence-electron chi connectivity index (χ3n) is 2.51. The van der Waals surface area contributed by atoms with Crippen molar-refractivity contribution >= 4 is 11.6 Å². The number of aryl methyl sites for hydroxylation is 1.